The minimum atomic E-state index is -1.20. The number of amides is 3. The van der Waals surface area contributed by atoms with Gasteiger partial charge in [-0.3, -0.25) is 14.5 Å². The Hall–Kier alpha value is -1.34. The number of nitrogens with two attached hydrogens (primary N) is 1. The van der Waals surface area contributed by atoms with E-state index in [0.717, 1.165) is 17.7 Å². The van der Waals surface area contributed by atoms with Crippen LogP contribution in [0.1, 0.15) is 19.3 Å². The zero-order valence-corrected chi connectivity index (χ0v) is 10.0. The number of unbranched alkanes of at least 4 members (excludes halogenated alkanes) is 1. The molecular formula is C9H16ClN3O4. The van der Waals surface area contributed by atoms with Crippen LogP contribution < -0.4 is 11.1 Å². The maximum absolute atomic E-state index is 11.6. The number of nitrogens with zero attached hydrogens (tertiary/aromatic N) is 1. The Morgan fingerprint density at radius 3 is 2.59 bits per heavy atom. The van der Waals surface area contributed by atoms with Crippen molar-refractivity contribution < 1.29 is 19.5 Å². The molecule has 1 saturated heterocycles. The number of hydrogen-bond acceptors (Lipinski definition) is 4. The maximum Gasteiger partial charge on any atom is 0.325 e. The van der Waals surface area contributed by atoms with E-state index in [4.69, 9.17) is 10.8 Å². The third-order valence-corrected chi connectivity index (χ3v) is 2.35. The van der Waals surface area contributed by atoms with Gasteiger partial charge in [0.25, 0.3) is 5.91 Å². The average Bonchev–Trinajstić information content (AvgIpc) is 2.46. The summed E-state index contributed by atoms with van der Waals surface area (Å²) in [5.74, 6) is -1.67. The number of urea groups is 1. The lowest BCUT2D eigenvalue weighted by Crippen LogP contribution is -2.36. The summed E-state index contributed by atoms with van der Waals surface area (Å²) in [5.41, 5.74) is 5.31. The first kappa shape index (κ1) is 15.7. The number of carboxylic acids is 1. The molecule has 4 N–H and O–H groups in total. The van der Waals surface area contributed by atoms with E-state index in [2.05, 4.69) is 5.32 Å². The lowest BCUT2D eigenvalue weighted by Gasteiger charge is -2.09. The first-order valence-corrected chi connectivity index (χ1v) is 5.10. The Bertz CT molecular complexity index is 311. The Morgan fingerprint density at radius 1 is 1.41 bits per heavy atom. The van der Waals surface area contributed by atoms with Crippen LogP contribution in [0.15, 0.2) is 0 Å². The van der Waals surface area contributed by atoms with Crippen LogP contribution in [0.3, 0.4) is 0 Å². The number of nitrogens with one attached hydrogen (secondary N) is 1. The fourth-order valence-electron chi connectivity index (χ4n) is 1.55. The van der Waals surface area contributed by atoms with Gasteiger partial charge in [-0.05, 0) is 25.8 Å². The molecule has 0 aromatic carbocycles. The number of carbonyl (C=O) groups is 3. The van der Waals surface area contributed by atoms with Gasteiger partial charge in [0, 0.05) is 0 Å². The van der Waals surface area contributed by atoms with Crippen LogP contribution in [-0.2, 0) is 9.59 Å². The van der Waals surface area contributed by atoms with E-state index >= 15 is 0 Å². The van der Waals surface area contributed by atoms with Gasteiger partial charge >= 0.3 is 12.0 Å². The number of imide groups is 1. The van der Waals surface area contributed by atoms with E-state index in [1.165, 1.54) is 0 Å². The largest absolute Gasteiger partial charge is 0.480 e. The summed E-state index contributed by atoms with van der Waals surface area (Å²) in [7, 11) is 0. The van der Waals surface area contributed by atoms with Gasteiger partial charge in [0.2, 0.25) is 0 Å². The predicted molar refractivity (Wildman–Crippen MR) is 61.8 cm³/mol. The van der Waals surface area contributed by atoms with Gasteiger partial charge in [0.1, 0.15) is 12.6 Å². The minimum absolute atomic E-state index is 0. The minimum Gasteiger partial charge on any atom is -0.480 e. The molecule has 7 nitrogen and oxygen atoms in total. The van der Waals surface area contributed by atoms with E-state index in [9.17, 15) is 14.4 Å². The molecule has 0 radical (unpaired) electrons. The van der Waals surface area contributed by atoms with E-state index < -0.39 is 30.5 Å². The second kappa shape index (κ2) is 7.08. The highest BCUT2D eigenvalue weighted by molar-refractivity contribution is 6.05. The van der Waals surface area contributed by atoms with Gasteiger partial charge in [-0.2, -0.15) is 0 Å². The van der Waals surface area contributed by atoms with Crippen molar-refractivity contribution >= 4 is 30.3 Å². The van der Waals surface area contributed by atoms with E-state index in [0.29, 0.717) is 13.0 Å². The van der Waals surface area contributed by atoms with Gasteiger partial charge in [0.15, 0.2) is 0 Å². The zero-order chi connectivity index (χ0) is 12.1. The molecule has 0 aliphatic carbocycles. The first-order valence-electron chi connectivity index (χ1n) is 5.10. The summed E-state index contributed by atoms with van der Waals surface area (Å²) >= 11 is 0. The fraction of sp³-hybridized carbons (Fsp3) is 0.667. The number of carboxylic acid groups (broad SMARTS) is 1. The summed E-state index contributed by atoms with van der Waals surface area (Å²) in [6.45, 7) is -0.0498. The van der Waals surface area contributed by atoms with E-state index in [-0.39, 0.29) is 12.4 Å². The SMILES string of the molecule is Cl.NCCCC[C@@H]1NC(=O)N(CC(=O)O)C1=O. The molecule has 3 amide bonds. The number of rotatable bonds is 6. The highest BCUT2D eigenvalue weighted by atomic mass is 35.5. The van der Waals surface area contributed by atoms with Crippen molar-refractivity contribution in [2.45, 2.75) is 25.3 Å². The molecule has 1 aliphatic heterocycles. The van der Waals surface area contributed by atoms with Crippen LogP contribution in [0.5, 0.6) is 0 Å². The standard InChI is InChI=1S/C9H15N3O4.ClH/c10-4-2-1-3-6-8(15)12(5-7(13)14)9(16)11-6;/h6H,1-5,10H2,(H,11,16)(H,13,14);1H/t6-;/m0./s1. The van der Waals surface area contributed by atoms with Crippen LogP contribution in [0.2, 0.25) is 0 Å². The fourth-order valence-corrected chi connectivity index (χ4v) is 1.55. The van der Waals surface area contributed by atoms with Gasteiger partial charge in [-0.25, -0.2) is 4.79 Å². The summed E-state index contributed by atoms with van der Waals surface area (Å²) in [6, 6.07) is -1.23. The molecule has 8 heteroatoms. The Balaban J connectivity index is 0.00000256. The maximum atomic E-state index is 11.6. The highest BCUT2D eigenvalue weighted by Crippen LogP contribution is 2.11. The van der Waals surface area contributed by atoms with Gasteiger partial charge in [-0.1, -0.05) is 0 Å². The van der Waals surface area contributed by atoms with Crippen molar-refractivity contribution in [2.75, 3.05) is 13.1 Å². The smallest absolute Gasteiger partial charge is 0.325 e. The molecule has 0 spiro atoms. The lowest BCUT2D eigenvalue weighted by molar-refractivity contribution is -0.141. The summed E-state index contributed by atoms with van der Waals surface area (Å²) in [5, 5.41) is 11.0. The summed E-state index contributed by atoms with van der Waals surface area (Å²) in [4.78, 5) is 34.0. The van der Waals surface area contributed by atoms with Crippen LogP contribution in [0.4, 0.5) is 4.79 Å². The summed E-state index contributed by atoms with van der Waals surface area (Å²) in [6.07, 6.45) is 2.00. The quantitative estimate of drug-likeness (QED) is 0.444. The molecule has 0 bridgehead atoms. The first-order chi connectivity index (χ1) is 7.56. The van der Waals surface area contributed by atoms with Crippen molar-refractivity contribution in [2.24, 2.45) is 5.73 Å². The van der Waals surface area contributed by atoms with Crippen molar-refractivity contribution in [1.82, 2.24) is 10.2 Å². The van der Waals surface area contributed by atoms with Crippen LogP contribution >= 0.6 is 12.4 Å². The molecule has 1 heterocycles. The molecule has 0 unspecified atom stereocenters. The number of aliphatic carboxylic acids is 1. The van der Waals surface area contributed by atoms with Crippen LogP contribution in [-0.4, -0.2) is 47.0 Å². The second-order valence-electron chi connectivity index (χ2n) is 3.60. The molecular weight excluding hydrogens is 250 g/mol. The monoisotopic (exact) mass is 265 g/mol. The van der Waals surface area contributed by atoms with Crippen LogP contribution in [0, 0.1) is 0 Å². The molecule has 0 aromatic heterocycles. The van der Waals surface area contributed by atoms with E-state index in [1.807, 2.05) is 0 Å². The Kier molecular flexibility index (Phi) is 6.52. The molecule has 1 fully saturated rings. The number of hydrogen-bond donors (Lipinski definition) is 3. The van der Waals surface area contributed by atoms with Crippen molar-refractivity contribution in [3.8, 4) is 0 Å². The second-order valence-corrected chi connectivity index (χ2v) is 3.60. The van der Waals surface area contributed by atoms with E-state index in [1.54, 1.807) is 0 Å². The molecule has 1 atom stereocenters. The lowest BCUT2D eigenvalue weighted by atomic mass is 10.1. The third kappa shape index (κ3) is 4.20. The van der Waals surface area contributed by atoms with Crippen molar-refractivity contribution in [1.29, 1.82) is 0 Å². The normalized spacial score (nSPS) is 18.9. The van der Waals surface area contributed by atoms with Gasteiger partial charge < -0.3 is 16.2 Å². The summed E-state index contributed by atoms with van der Waals surface area (Å²) < 4.78 is 0. The average molecular weight is 266 g/mol. The van der Waals surface area contributed by atoms with Gasteiger partial charge in [-0.15, -0.1) is 12.4 Å². The molecule has 1 rings (SSSR count). The Morgan fingerprint density at radius 2 is 2.06 bits per heavy atom. The molecule has 0 saturated carbocycles. The molecule has 17 heavy (non-hydrogen) atoms. The topological polar surface area (TPSA) is 113 Å². The zero-order valence-electron chi connectivity index (χ0n) is 9.22. The predicted octanol–water partition coefficient (Wildman–Crippen LogP) is -0.458. The van der Waals surface area contributed by atoms with Crippen LogP contribution in [0.25, 0.3) is 0 Å². The molecule has 0 aromatic rings. The van der Waals surface area contributed by atoms with Crippen molar-refractivity contribution in [3.63, 3.8) is 0 Å². The van der Waals surface area contributed by atoms with Crippen molar-refractivity contribution in [3.05, 3.63) is 0 Å². The molecule has 1 aliphatic rings. The number of carbonyl (C=O) groups excluding carboxylic acids is 2. The van der Waals surface area contributed by atoms with Gasteiger partial charge in [0.05, 0.1) is 0 Å². The molecule has 98 valence electrons. The third-order valence-electron chi connectivity index (χ3n) is 2.35. The highest BCUT2D eigenvalue weighted by Gasteiger charge is 2.38. The Labute approximate surface area is 105 Å². The number of halogens is 1.